The zero-order chi connectivity index (χ0) is 28.7. The van der Waals surface area contributed by atoms with Gasteiger partial charge < -0.3 is 10.2 Å². The third-order valence-corrected chi connectivity index (χ3v) is 8.58. The Morgan fingerprint density at radius 3 is 2.13 bits per heavy atom. The second-order valence-electron chi connectivity index (χ2n) is 9.12. The van der Waals surface area contributed by atoms with Crippen LogP contribution in [0.1, 0.15) is 32.8 Å². The number of benzene rings is 3. The van der Waals surface area contributed by atoms with Crippen LogP contribution in [0.4, 0.5) is 5.69 Å². The highest BCUT2D eigenvalue weighted by Gasteiger charge is 2.34. The highest BCUT2D eigenvalue weighted by atomic mass is 35.5. The first-order chi connectivity index (χ1) is 18.4. The van der Waals surface area contributed by atoms with Crippen molar-refractivity contribution < 1.29 is 18.0 Å². The fraction of sp³-hybridized carbons (Fsp3) is 0.286. The first kappa shape index (κ1) is 30.8. The summed E-state index contributed by atoms with van der Waals surface area (Å²) >= 11 is 18.9. The molecule has 0 saturated heterocycles. The Hall–Kier alpha value is -2.78. The van der Waals surface area contributed by atoms with Crippen molar-refractivity contribution >= 4 is 62.3 Å². The van der Waals surface area contributed by atoms with Crippen molar-refractivity contribution in [2.45, 2.75) is 50.7 Å². The number of sulfonamides is 1. The van der Waals surface area contributed by atoms with Crippen molar-refractivity contribution in [2.75, 3.05) is 10.8 Å². The van der Waals surface area contributed by atoms with Gasteiger partial charge in [-0.2, -0.15) is 0 Å². The maximum atomic E-state index is 14.0. The lowest BCUT2D eigenvalue weighted by Crippen LogP contribution is -2.53. The van der Waals surface area contributed by atoms with Gasteiger partial charge in [0.1, 0.15) is 12.6 Å². The minimum absolute atomic E-state index is 0.00387. The lowest BCUT2D eigenvalue weighted by Gasteiger charge is -2.34. The molecule has 11 heteroatoms. The molecule has 0 fully saturated rings. The SMILES string of the molecule is CC[C@@H](C(=O)NC(C)C)N(Cc1ccccc1Cl)C(=O)CN(c1ccc(Cl)cc1Cl)S(=O)(=O)c1ccccc1. The molecule has 208 valence electrons. The van der Waals surface area contributed by atoms with Crippen LogP contribution >= 0.6 is 34.8 Å². The van der Waals surface area contributed by atoms with Crippen LogP contribution in [-0.2, 0) is 26.2 Å². The molecule has 3 aromatic carbocycles. The third-order valence-electron chi connectivity index (χ3n) is 5.90. The quantitative estimate of drug-likeness (QED) is 0.281. The summed E-state index contributed by atoms with van der Waals surface area (Å²) in [6.07, 6.45) is 0.294. The van der Waals surface area contributed by atoms with Gasteiger partial charge in [-0.25, -0.2) is 8.42 Å². The van der Waals surface area contributed by atoms with E-state index in [0.29, 0.717) is 22.0 Å². The van der Waals surface area contributed by atoms with Crippen molar-refractivity contribution in [3.05, 3.63) is 93.4 Å². The molecule has 0 aliphatic heterocycles. The molecule has 3 rings (SSSR count). The molecule has 0 spiro atoms. The van der Waals surface area contributed by atoms with Gasteiger partial charge in [0.15, 0.2) is 0 Å². The number of amides is 2. The first-order valence-electron chi connectivity index (χ1n) is 12.3. The summed E-state index contributed by atoms with van der Waals surface area (Å²) in [5.41, 5.74) is 0.695. The van der Waals surface area contributed by atoms with E-state index in [1.807, 2.05) is 13.8 Å². The Morgan fingerprint density at radius 1 is 0.897 bits per heavy atom. The number of rotatable bonds is 11. The minimum Gasteiger partial charge on any atom is -0.352 e. The van der Waals surface area contributed by atoms with Crippen LogP contribution in [-0.4, -0.2) is 43.8 Å². The molecule has 7 nitrogen and oxygen atoms in total. The summed E-state index contributed by atoms with van der Waals surface area (Å²) in [7, 11) is -4.24. The molecule has 0 aliphatic carbocycles. The highest BCUT2D eigenvalue weighted by molar-refractivity contribution is 7.92. The Balaban J connectivity index is 2.10. The summed E-state index contributed by atoms with van der Waals surface area (Å²) in [5, 5.41) is 3.63. The van der Waals surface area contributed by atoms with Gasteiger partial charge in [-0.1, -0.05) is 78.1 Å². The highest BCUT2D eigenvalue weighted by Crippen LogP contribution is 2.33. The average Bonchev–Trinajstić information content (AvgIpc) is 2.88. The van der Waals surface area contributed by atoms with Crippen LogP contribution in [0.5, 0.6) is 0 Å². The molecule has 1 atom stereocenters. The lowest BCUT2D eigenvalue weighted by atomic mass is 10.1. The van der Waals surface area contributed by atoms with Crippen molar-refractivity contribution in [2.24, 2.45) is 0 Å². The monoisotopic (exact) mass is 609 g/mol. The topological polar surface area (TPSA) is 86.8 Å². The Kier molecular flexibility index (Phi) is 10.7. The molecule has 0 bridgehead atoms. The van der Waals surface area contributed by atoms with Crippen LogP contribution in [0, 0.1) is 0 Å². The van der Waals surface area contributed by atoms with Gasteiger partial charge in [0, 0.05) is 22.6 Å². The van der Waals surface area contributed by atoms with Gasteiger partial charge >= 0.3 is 0 Å². The molecule has 0 heterocycles. The molecule has 0 aromatic heterocycles. The van der Waals surface area contributed by atoms with Crippen molar-refractivity contribution in [1.29, 1.82) is 0 Å². The summed E-state index contributed by atoms with van der Waals surface area (Å²) in [6.45, 7) is 4.81. The number of carbonyl (C=O) groups excluding carboxylic acids is 2. The zero-order valence-corrected chi connectivity index (χ0v) is 24.9. The standard InChI is InChI=1S/C28H30Cl3N3O4S/c1-4-25(28(36)32-19(2)3)33(17-20-10-8-9-13-23(20)30)27(35)18-34(26-15-14-21(29)16-24(26)31)39(37,38)22-11-6-5-7-12-22/h5-16,19,25H,4,17-18H2,1-3H3,(H,32,36)/t25-/m0/s1. The molecule has 3 aromatic rings. The van der Waals surface area contributed by atoms with Crippen LogP contribution in [0.15, 0.2) is 77.7 Å². The summed E-state index contributed by atoms with van der Waals surface area (Å²) in [5.74, 6) is -0.957. The second kappa shape index (κ2) is 13.5. The van der Waals surface area contributed by atoms with E-state index in [-0.39, 0.29) is 34.1 Å². The van der Waals surface area contributed by atoms with Gasteiger partial charge in [-0.3, -0.25) is 13.9 Å². The predicted molar refractivity (Wildman–Crippen MR) is 157 cm³/mol. The summed E-state index contributed by atoms with van der Waals surface area (Å²) < 4.78 is 28.6. The zero-order valence-electron chi connectivity index (χ0n) is 21.8. The first-order valence-corrected chi connectivity index (χ1v) is 14.9. The maximum absolute atomic E-state index is 14.0. The van der Waals surface area contributed by atoms with Crippen molar-refractivity contribution in [1.82, 2.24) is 10.2 Å². The number of hydrogen-bond acceptors (Lipinski definition) is 4. The van der Waals surface area contributed by atoms with E-state index in [4.69, 9.17) is 34.8 Å². The van der Waals surface area contributed by atoms with E-state index in [9.17, 15) is 18.0 Å². The van der Waals surface area contributed by atoms with Gasteiger partial charge in [0.05, 0.1) is 15.6 Å². The molecule has 0 radical (unpaired) electrons. The second-order valence-corrected chi connectivity index (χ2v) is 12.2. The number of nitrogens with zero attached hydrogens (tertiary/aromatic N) is 2. The Labute approximate surface area is 244 Å². The van der Waals surface area contributed by atoms with Crippen LogP contribution in [0.25, 0.3) is 0 Å². The lowest BCUT2D eigenvalue weighted by molar-refractivity contribution is -0.140. The molecule has 1 N–H and O–H groups in total. The van der Waals surface area contributed by atoms with E-state index >= 15 is 0 Å². The van der Waals surface area contributed by atoms with Crippen molar-refractivity contribution in [3.8, 4) is 0 Å². The van der Waals surface area contributed by atoms with Crippen LogP contribution in [0.3, 0.4) is 0 Å². The smallest absolute Gasteiger partial charge is 0.264 e. The number of halogens is 3. The van der Waals surface area contributed by atoms with Crippen LogP contribution < -0.4 is 9.62 Å². The molecule has 0 aliphatic rings. The predicted octanol–water partition coefficient (Wildman–Crippen LogP) is 6.17. The number of hydrogen-bond donors (Lipinski definition) is 1. The van der Waals surface area contributed by atoms with E-state index < -0.39 is 28.5 Å². The third kappa shape index (κ3) is 7.66. The van der Waals surface area contributed by atoms with Crippen molar-refractivity contribution in [3.63, 3.8) is 0 Å². The van der Waals surface area contributed by atoms with E-state index in [1.54, 1.807) is 49.4 Å². The largest absolute Gasteiger partial charge is 0.352 e. The molecule has 0 unspecified atom stereocenters. The number of nitrogens with one attached hydrogen (secondary N) is 1. The molecule has 2 amide bonds. The summed E-state index contributed by atoms with van der Waals surface area (Å²) in [4.78, 5) is 28.5. The minimum atomic E-state index is -4.24. The van der Waals surface area contributed by atoms with Gasteiger partial charge in [0.25, 0.3) is 10.0 Å². The Bertz CT molecular complexity index is 1420. The fourth-order valence-corrected chi connectivity index (χ4v) is 6.24. The number of anilines is 1. The fourth-order valence-electron chi connectivity index (χ4n) is 4.03. The van der Waals surface area contributed by atoms with Gasteiger partial charge in [-0.15, -0.1) is 0 Å². The number of carbonyl (C=O) groups is 2. The maximum Gasteiger partial charge on any atom is 0.264 e. The van der Waals surface area contributed by atoms with E-state index in [0.717, 1.165) is 4.31 Å². The van der Waals surface area contributed by atoms with E-state index in [1.165, 1.54) is 35.2 Å². The van der Waals surface area contributed by atoms with Gasteiger partial charge in [0.2, 0.25) is 11.8 Å². The average molecular weight is 611 g/mol. The van der Waals surface area contributed by atoms with Gasteiger partial charge in [-0.05, 0) is 62.2 Å². The molecule has 39 heavy (non-hydrogen) atoms. The van der Waals surface area contributed by atoms with Crippen LogP contribution in [0.2, 0.25) is 15.1 Å². The normalized spacial score (nSPS) is 12.2. The molecular formula is C28H30Cl3N3O4S. The molecule has 0 saturated carbocycles. The Morgan fingerprint density at radius 2 is 1.54 bits per heavy atom. The molecular weight excluding hydrogens is 581 g/mol. The summed E-state index contributed by atoms with van der Waals surface area (Å²) in [6, 6.07) is 18.0. The van der Waals surface area contributed by atoms with E-state index in [2.05, 4.69) is 5.32 Å².